The fraction of sp³-hybridized carbons (Fsp3) is 0.0909. The first-order chi connectivity index (χ1) is 8.97. The minimum absolute atomic E-state index is 0.0260. The van der Waals surface area contributed by atoms with Crippen LogP contribution in [0.5, 0.6) is 0 Å². The molecule has 1 aromatic carbocycles. The van der Waals surface area contributed by atoms with Crippen LogP contribution in [0.15, 0.2) is 28.9 Å². The lowest BCUT2D eigenvalue weighted by Crippen LogP contribution is -2.04. The summed E-state index contributed by atoms with van der Waals surface area (Å²) in [5.41, 5.74) is 6.89. The van der Waals surface area contributed by atoms with E-state index in [0.717, 1.165) is 16.2 Å². The second-order valence-electron chi connectivity index (χ2n) is 3.81. The summed E-state index contributed by atoms with van der Waals surface area (Å²) >= 11 is 3.38. The van der Waals surface area contributed by atoms with Gasteiger partial charge in [0.25, 0.3) is 0 Å². The maximum atomic E-state index is 10.9. The predicted octanol–water partition coefficient (Wildman–Crippen LogP) is 2.78. The van der Waals surface area contributed by atoms with Crippen molar-refractivity contribution in [3.63, 3.8) is 0 Å². The molecule has 98 valence electrons. The average Bonchev–Trinajstić information content (AvgIpc) is 2.33. The summed E-state index contributed by atoms with van der Waals surface area (Å²) in [6.45, 7) is 1.91. The molecular weight excluding hydrogens is 314 g/mol. The third kappa shape index (κ3) is 2.97. The normalized spacial score (nSPS) is 10.2. The molecule has 7 nitrogen and oxygen atoms in total. The number of benzene rings is 1. The minimum atomic E-state index is -0.562. The number of anilines is 3. The predicted molar refractivity (Wildman–Crippen MR) is 75.3 cm³/mol. The Morgan fingerprint density at radius 2 is 2.21 bits per heavy atom. The Bertz CT molecular complexity index is 647. The van der Waals surface area contributed by atoms with Crippen LogP contribution in [0.4, 0.5) is 23.1 Å². The zero-order chi connectivity index (χ0) is 14.0. The van der Waals surface area contributed by atoms with Crippen LogP contribution in [0, 0.1) is 17.0 Å². The van der Waals surface area contributed by atoms with E-state index >= 15 is 0 Å². The fourth-order valence-corrected chi connectivity index (χ4v) is 1.72. The van der Waals surface area contributed by atoms with Crippen molar-refractivity contribution in [3.8, 4) is 0 Å². The van der Waals surface area contributed by atoms with Gasteiger partial charge in [0.05, 0.1) is 4.92 Å². The third-order valence-corrected chi connectivity index (χ3v) is 3.30. The van der Waals surface area contributed by atoms with Crippen LogP contribution >= 0.6 is 15.9 Å². The molecule has 0 fully saturated rings. The lowest BCUT2D eigenvalue weighted by atomic mass is 10.2. The van der Waals surface area contributed by atoms with E-state index in [9.17, 15) is 10.1 Å². The Kier molecular flexibility index (Phi) is 3.61. The van der Waals surface area contributed by atoms with Crippen molar-refractivity contribution < 1.29 is 4.92 Å². The Hall–Kier alpha value is -2.22. The number of rotatable bonds is 3. The number of aryl methyl sites for hydroxylation is 1. The largest absolute Gasteiger partial charge is 0.368 e. The number of halogens is 1. The van der Waals surface area contributed by atoms with Gasteiger partial charge in [0.15, 0.2) is 0 Å². The Balaban J connectivity index is 2.39. The van der Waals surface area contributed by atoms with Crippen molar-refractivity contribution in [1.82, 2.24) is 9.97 Å². The van der Waals surface area contributed by atoms with Crippen LogP contribution in [-0.2, 0) is 0 Å². The van der Waals surface area contributed by atoms with E-state index in [1.165, 1.54) is 0 Å². The molecule has 1 heterocycles. The van der Waals surface area contributed by atoms with Crippen molar-refractivity contribution in [1.29, 1.82) is 0 Å². The standard InChI is InChI=1S/C11H10BrN5O2/c1-6-4-7(2-3-8(6)12)15-10-9(17(18)19)5-14-11(13)16-10/h2-5H,1H3,(H3,13,14,15,16). The van der Waals surface area contributed by atoms with Crippen LogP contribution < -0.4 is 11.1 Å². The molecule has 0 aliphatic heterocycles. The van der Waals surface area contributed by atoms with Crippen molar-refractivity contribution in [2.45, 2.75) is 6.92 Å². The van der Waals surface area contributed by atoms with Crippen LogP contribution in [0.3, 0.4) is 0 Å². The van der Waals surface area contributed by atoms with Crippen molar-refractivity contribution in [2.75, 3.05) is 11.1 Å². The molecule has 2 rings (SSSR count). The van der Waals surface area contributed by atoms with E-state index in [4.69, 9.17) is 5.73 Å². The van der Waals surface area contributed by atoms with Gasteiger partial charge >= 0.3 is 5.69 Å². The van der Waals surface area contributed by atoms with Gasteiger partial charge in [0, 0.05) is 10.2 Å². The quantitative estimate of drug-likeness (QED) is 0.664. The SMILES string of the molecule is Cc1cc(Nc2nc(N)ncc2[N+](=O)[O-])ccc1Br. The first kappa shape index (κ1) is 13.2. The van der Waals surface area contributed by atoms with E-state index in [1.54, 1.807) is 6.07 Å². The van der Waals surface area contributed by atoms with Gasteiger partial charge in [-0.25, -0.2) is 4.98 Å². The topological polar surface area (TPSA) is 107 Å². The Labute approximate surface area is 117 Å². The molecule has 0 amide bonds. The smallest absolute Gasteiger partial charge is 0.329 e. The molecule has 0 saturated heterocycles. The molecule has 0 unspecified atom stereocenters. The van der Waals surface area contributed by atoms with E-state index in [0.29, 0.717) is 5.69 Å². The van der Waals surface area contributed by atoms with Gasteiger partial charge in [-0.2, -0.15) is 4.98 Å². The summed E-state index contributed by atoms with van der Waals surface area (Å²) in [5, 5.41) is 13.8. The van der Waals surface area contributed by atoms with Gasteiger partial charge in [-0.15, -0.1) is 0 Å². The zero-order valence-corrected chi connectivity index (χ0v) is 11.5. The highest BCUT2D eigenvalue weighted by Crippen LogP contribution is 2.27. The molecule has 8 heteroatoms. The molecule has 0 saturated carbocycles. The lowest BCUT2D eigenvalue weighted by Gasteiger charge is -2.08. The molecule has 0 bridgehead atoms. The number of hydrogen-bond acceptors (Lipinski definition) is 6. The molecular formula is C11H10BrN5O2. The van der Waals surface area contributed by atoms with Crippen molar-refractivity contribution in [3.05, 3.63) is 44.5 Å². The zero-order valence-electron chi connectivity index (χ0n) is 9.92. The average molecular weight is 324 g/mol. The van der Waals surface area contributed by atoms with Gasteiger partial charge in [-0.1, -0.05) is 15.9 Å². The van der Waals surface area contributed by atoms with Crippen LogP contribution in [0.1, 0.15) is 5.56 Å². The number of nitrogens with two attached hydrogens (primary N) is 1. The molecule has 0 aliphatic rings. The number of nitro groups is 1. The number of nitrogens with one attached hydrogen (secondary N) is 1. The molecule has 0 radical (unpaired) electrons. The van der Waals surface area contributed by atoms with Crippen molar-refractivity contribution >= 4 is 39.1 Å². The maximum absolute atomic E-state index is 10.9. The number of nitrogens with zero attached hydrogens (tertiary/aromatic N) is 3. The van der Waals surface area contributed by atoms with Gasteiger partial charge in [0.2, 0.25) is 11.8 Å². The third-order valence-electron chi connectivity index (χ3n) is 2.41. The summed E-state index contributed by atoms with van der Waals surface area (Å²) in [5.74, 6) is 0.0427. The van der Waals surface area contributed by atoms with Crippen LogP contribution in [0.2, 0.25) is 0 Å². The van der Waals surface area contributed by atoms with E-state index in [1.807, 2.05) is 19.1 Å². The van der Waals surface area contributed by atoms with Gasteiger partial charge in [-0.3, -0.25) is 10.1 Å². The Morgan fingerprint density at radius 3 is 2.84 bits per heavy atom. The highest BCUT2D eigenvalue weighted by atomic mass is 79.9. The second kappa shape index (κ2) is 5.19. The number of nitrogen functional groups attached to an aromatic ring is 1. The molecule has 0 aliphatic carbocycles. The first-order valence-corrected chi connectivity index (χ1v) is 6.07. The summed E-state index contributed by atoms with van der Waals surface area (Å²) in [6.07, 6.45) is 1.08. The highest BCUT2D eigenvalue weighted by molar-refractivity contribution is 9.10. The van der Waals surface area contributed by atoms with E-state index in [-0.39, 0.29) is 17.5 Å². The summed E-state index contributed by atoms with van der Waals surface area (Å²) in [6, 6.07) is 5.46. The molecule has 0 atom stereocenters. The lowest BCUT2D eigenvalue weighted by molar-refractivity contribution is -0.384. The minimum Gasteiger partial charge on any atom is -0.368 e. The molecule has 19 heavy (non-hydrogen) atoms. The van der Waals surface area contributed by atoms with Crippen molar-refractivity contribution in [2.24, 2.45) is 0 Å². The first-order valence-electron chi connectivity index (χ1n) is 5.27. The maximum Gasteiger partial charge on any atom is 0.329 e. The molecule has 2 aromatic rings. The van der Waals surface area contributed by atoms with Crippen LogP contribution in [-0.4, -0.2) is 14.9 Å². The highest BCUT2D eigenvalue weighted by Gasteiger charge is 2.16. The van der Waals surface area contributed by atoms with Crippen LogP contribution in [0.25, 0.3) is 0 Å². The molecule has 1 aromatic heterocycles. The van der Waals surface area contributed by atoms with Gasteiger partial charge < -0.3 is 11.1 Å². The monoisotopic (exact) mass is 323 g/mol. The van der Waals surface area contributed by atoms with E-state index < -0.39 is 4.92 Å². The number of hydrogen-bond donors (Lipinski definition) is 2. The van der Waals surface area contributed by atoms with Gasteiger partial charge in [0.1, 0.15) is 6.20 Å². The fourth-order valence-electron chi connectivity index (χ4n) is 1.47. The summed E-state index contributed by atoms with van der Waals surface area (Å²) in [7, 11) is 0. The Morgan fingerprint density at radius 1 is 1.47 bits per heavy atom. The molecule has 0 spiro atoms. The summed E-state index contributed by atoms with van der Waals surface area (Å²) in [4.78, 5) is 17.8. The van der Waals surface area contributed by atoms with Gasteiger partial charge in [-0.05, 0) is 30.7 Å². The molecule has 3 N–H and O–H groups in total. The number of aromatic nitrogens is 2. The second-order valence-corrected chi connectivity index (χ2v) is 4.66. The van der Waals surface area contributed by atoms with E-state index in [2.05, 4.69) is 31.2 Å². The summed E-state index contributed by atoms with van der Waals surface area (Å²) < 4.78 is 0.953.